The monoisotopic (exact) mass is 512 g/mol. The van der Waals surface area contributed by atoms with Crippen LogP contribution in [0, 0.1) is 0 Å². The van der Waals surface area contributed by atoms with Crippen molar-refractivity contribution >= 4 is 10.8 Å². The SMILES string of the molecule is c1ccc(-c2nc(-c3ccccc3)nc(-c3cccc4cccc(-c5ccc(-c6ccccn6)cc5)c34)n2)cc1. The highest BCUT2D eigenvalue weighted by Gasteiger charge is 2.16. The normalized spacial score (nSPS) is 11.0. The molecule has 4 heteroatoms. The number of hydrogen-bond donors (Lipinski definition) is 0. The lowest BCUT2D eigenvalue weighted by Gasteiger charge is -2.14. The molecule has 0 aliphatic rings. The van der Waals surface area contributed by atoms with E-state index in [4.69, 9.17) is 15.0 Å². The van der Waals surface area contributed by atoms with Gasteiger partial charge in [0.05, 0.1) is 5.69 Å². The smallest absolute Gasteiger partial charge is 0.164 e. The van der Waals surface area contributed by atoms with Crippen LogP contribution in [0.1, 0.15) is 0 Å². The Bertz CT molecular complexity index is 1860. The molecule has 7 aromatic rings. The Morgan fingerprint density at radius 1 is 0.350 bits per heavy atom. The van der Waals surface area contributed by atoms with Crippen molar-refractivity contribution in [2.24, 2.45) is 0 Å². The molecule has 7 rings (SSSR count). The van der Waals surface area contributed by atoms with E-state index in [1.165, 1.54) is 0 Å². The van der Waals surface area contributed by atoms with Crippen molar-refractivity contribution in [1.82, 2.24) is 19.9 Å². The summed E-state index contributed by atoms with van der Waals surface area (Å²) < 4.78 is 0. The summed E-state index contributed by atoms with van der Waals surface area (Å²) in [6.07, 6.45) is 1.82. The van der Waals surface area contributed by atoms with Gasteiger partial charge in [0.15, 0.2) is 17.5 Å². The van der Waals surface area contributed by atoms with E-state index in [2.05, 4.69) is 65.6 Å². The molecule has 0 spiro atoms. The Morgan fingerprint density at radius 3 is 1.50 bits per heavy atom. The maximum Gasteiger partial charge on any atom is 0.164 e. The molecule has 0 aliphatic carbocycles. The first-order valence-electron chi connectivity index (χ1n) is 13.2. The molecule has 40 heavy (non-hydrogen) atoms. The second kappa shape index (κ2) is 10.4. The molecule has 5 aromatic carbocycles. The van der Waals surface area contributed by atoms with Crippen molar-refractivity contribution in [2.75, 3.05) is 0 Å². The van der Waals surface area contributed by atoms with Gasteiger partial charge >= 0.3 is 0 Å². The third-order valence-electron chi connectivity index (χ3n) is 7.00. The summed E-state index contributed by atoms with van der Waals surface area (Å²) in [6.45, 7) is 0. The number of rotatable bonds is 5. The number of benzene rings is 5. The summed E-state index contributed by atoms with van der Waals surface area (Å²) in [4.78, 5) is 19.4. The number of nitrogens with zero attached hydrogens (tertiary/aromatic N) is 4. The summed E-state index contributed by atoms with van der Waals surface area (Å²) in [7, 11) is 0. The van der Waals surface area contributed by atoms with Crippen molar-refractivity contribution in [1.29, 1.82) is 0 Å². The van der Waals surface area contributed by atoms with Gasteiger partial charge in [0.2, 0.25) is 0 Å². The molecule has 2 heterocycles. The van der Waals surface area contributed by atoms with Crippen LogP contribution in [-0.4, -0.2) is 19.9 Å². The Balaban J connectivity index is 1.42. The van der Waals surface area contributed by atoms with Crippen molar-refractivity contribution in [3.05, 3.63) is 146 Å². The summed E-state index contributed by atoms with van der Waals surface area (Å²) >= 11 is 0. The summed E-state index contributed by atoms with van der Waals surface area (Å²) in [5.74, 6) is 1.95. The molecule has 0 unspecified atom stereocenters. The Labute approximate surface area is 232 Å². The third kappa shape index (κ3) is 4.52. The van der Waals surface area contributed by atoms with Gasteiger partial charge < -0.3 is 0 Å². The first-order valence-corrected chi connectivity index (χ1v) is 13.2. The maximum absolute atomic E-state index is 5.01. The van der Waals surface area contributed by atoms with E-state index in [1.54, 1.807) is 0 Å². The molecule has 0 bridgehead atoms. The zero-order valence-corrected chi connectivity index (χ0v) is 21.6. The van der Waals surface area contributed by atoms with E-state index in [0.717, 1.165) is 49.8 Å². The van der Waals surface area contributed by atoms with Gasteiger partial charge in [0.25, 0.3) is 0 Å². The number of hydrogen-bond acceptors (Lipinski definition) is 4. The van der Waals surface area contributed by atoms with E-state index in [0.29, 0.717) is 17.5 Å². The fourth-order valence-electron chi connectivity index (χ4n) is 5.05. The zero-order valence-electron chi connectivity index (χ0n) is 21.6. The van der Waals surface area contributed by atoms with E-state index >= 15 is 0 Å². The van der Waals surface area contributed by atoms with Crippen molar-refractivity contribution < 1.29 is 0 Å². The fourth-order valence-corrected chi connectivity index (χ4v) is 5.05. The molecule has 0 aliphatic heterocycles. The topological polar surface area (TPSA) is 51.6 Å². The van der Waals surface area contributed by atoms with Gasteiger partial charge in [-0.15, -0.1) is 0 Å². The molecule has 0 atom stereocenters. The predicted molar refractivity (Wildman–Crippen MR) is 162 cm³/mol. The van der Waals surface area contributed by atoms with Gasteiger partial charge in [0.1, 0.15) is 0 Å². The van der Waals surface area contributed by atoms with E-state index in [9.17, 15) is 0 Å². The van der Waals surface area contributed by atoms with E-state index < -0.39 is 0 Å². The molecule has 188 valence electrons. The molecule has 2 aromatic heterocycles. The lowest BCUT2D eigenvalue weighted by atomic mass is 9.93. The maximum atomic E-state index is 5.01. The minimum atomic E-state index is 0.649. The minimum Gasteiger partial charge on any atom is -0.256 e. The molecule has 0 amide bonds. The van der Waals surface area contributed by atoms with Gasteiger partial charge in [0, 0.05) is 33.8 Å². The van der Waals surface area contributed by atoms with Crippen LogP contribution in [0.25, 0.3) is 67.3 Å². The Kier molecular flexibility index (Phi) is 6.11. The second-order valence-electron chi connectivity index (χ2n) is 9.54. The average Bonchev–Trinajstić information content (AvgIpc) is 3.05. The molecule has 0 radical (unpaired) electrons. The van der Waals surface area contributed by atoms with E-state index in [1.807, 2.05) is 85.1 Å². The van der Waals surface area contributed by atoms with Crippen LogP contribution in [-0.2, 0) is 0 Å². The van der Waals surface area contributed by atoms with Crippen LogP contribution in [0.15, 0.2) is 146 Å². The molecular formula is C36H24N4. The van der Waals surface area contributed by atoms with Crippen LogP contribution < -0.4 is 0 Å². The van der Waals surface area contributed by atoms with Crippen LogP contribution in [0.2, 0.25) is 0 Å². The fraction of sp³-hybridized carbons (Fsp3) is 0. The summed E-state index contributed by atoms with van der Waals surface area (Å²) in [5.41, 5.74) is 7.17. The van der Waals surface area contributed by atoms with Crippen molar-refractivity contribution in [3.63, 3.8) is 0 Å². The van der Waals surface area contributed by atoms with Crippen molar-refractivity contribution in [2.45, 2.75) is 0 Å². The van der Waals surface area contributed by atoms with Gasteiger partial charge in [-0.05, 0) is 28.6 Å². The molecule has 0 saturated carbocycles. The van der Waals surface area contributed by atoms with Gasteiger partial charge in [-0.25, -0.2) is 15.0 Å². The van der Waals surface area contributed by atoms with Crippen LogP contribution >= 0.6 is 0 Å². The summed E-state index contributed by atoms with van der Waals surface area (Å²) in [5, 5.41) is 2.24. The predicted octanol–water partition coefficient (Wildman–Crippen LogP) is 8.75. The third-order valence-corrected chi connectivity index (χ3v) is 7.00. The number of aromatic nitrogens is 4. The minimum absolute atomic E-state index is 0.649. The first kappa shape index (κ1) is 23.6. The van der Waals surface area contributed by atoms with Crippen LogP contribution in [0.3, 0.4) is 0 Å². The molecule has 0 fully saturated rings. The van der Waals surface area contributed by atoms with E-state index in [-0.39, 0.29) is 0 Å². The Hall–Kier alpha value is -5.48. The molecule has 0 N–H and O–H groups in total. The number of pyridine rings is 1. The van der Waals surface area contributed by atoms with Gasteiger partial charge in [-0.2, -0.15) is 0 Å². The van der Waals surface area contributed by atoms with Crippen molar-refractivity contribution in [3.8, 4) is 56.5 Å². The second-order valence-corrected chi connectivity index (χ2v) is 9.54. The lowest BCUT2D eigenvalue weighted by Crippen LogP contribution is -2.00. The van der Waals surface area contributed by atoms with Crippen LogP contribution in [0.5, 0.6) is 0 Å². The molecule has 0 saturated heterocycles. The molecule has 4 nitrogen and oxygen atoms in total. The van der Waals surface area contributed by atoms with Gasteiger partial charge in [-0.3, -0.25) is 4.98 Å². The first-order chi connectivity index (χ1) is 19.8. The molecular weight excluding hydrogens is 488 g/mol. The summed E-state index contributed by atoms with van der Waals surface area (Å²) in [6, 6.07) is 47.4. The quantitative estimate of drug-likeness (QED) is 0.231. The van der Waals surface area contributed by atoms with Gasteiger partial charge in [-0.1, -0.05) is 127 Å². The Morgan fingerprint density at radius 2 is 0.900 bits per heavy atom. The average molecular weight is 513 g/mol. The standard InChI is InChI=1S/C36H24N4/c1-3-11-28(12-4-1)34-38-35(29-13-5-2-6-14-29)40-36(39-34)31-18-10-16-27-15-9-17-30(33(27)31)25-20-22-26(23-21-25)32-19-7-8-24-37-32/h1-24H. The largest absolute Gasteiger partial charge is 0.256 e. The number of fused-ring (bicyclic) bond motifs is 1. The highest BCUT2D eigenvalue weighted by atomic mass is 15.0. The van der Waals surface area contributed by atoms with Crippen LogP contribution in [0.4, 0.5) is 0 Å². The lowest BCUT2D eigenvalue weighted by molar-refractivity contribution is 1.08. The zero-order chi connectivity index (χ0) is 26.7. The highest BCUT2D eigenvalue weighted by molar-refractivity contribution is 6.05. The highest BCUT2D eigenvalue weighted by Crippen LogP contribution is 2.37.